The Balaban J connectivity index is 1.89. The summed E-state index contributed by atoms with van der Waals surface area (Å²) in [6, 6.07) is 4.40. The van der Waals surface area contributed by atoms with Gasteiger partial charge in [-0.15, -0.1) is 0 Å². The van der Waals surface area contributed by atoms with Gasteiger partial charge in [0.05, 0.1) is 16.1 Å². The van der Waals surface area contributed by atoms with Crippen LogP contribution in [0.25, 0.3) is 0 Å². The van der Waals surface area contributed by atoms with Gasteiger partial charge in [-0.05, 0) is 43.7 Å². The number of aliphatic carboxylic acids is 1. The van der Waals surface area contributed by atoms with Crippen LogP contribution < -0.4 is 9.64 Å². The van der Waals surface area contributed by atoms with E-state index in [0.717, 1.165) is 29.2 Å². The maximum Gasteiger partial charge on any atom is 0.420 e. The quantitative estimate of drug-likeness (QED) is 0.335. The number of rotatable bonds is 8. The number of alkyl halides is 8. The Morgan fingerprint density at radius 3 is 2.20 bits per heavy atom. The van der Waals surface area contributed by atoms with Crippen LogP contribution in [0.2, 0.25) is 0 Å². The molecule has 0 aromatic heterocycles. The van der Waals surface area contributed by atoms with Crippen LogP contribution in [0.3, 0.4) is 0 Å². The molecule has 41 heavy (non-hydrogen) atoms. The second-order valence-corrected chi connectivity index (χ2v) is 12.2. The highest BCUT2D eigenvalue weighted by Gasteiger charge is 2.77. The van der Waals surface area contributed by atoms with E-state index in [1.54, 1.807) is 0 Å². The lowest BCUT2D eigenvalue weighted by atomic mass is 10.00. The molecule has 2 aromatic carbocycles. The van der Waals surface area contributed by atoms with Crippen LogP contribution in [-0.4, -0.2) is 50.0 Å². The predicted octanol–water partition coefficient (Wildman–Crippen LogP) is 6.61. The zero-order chi connectivity index (χ0) is 30.8. The number of ether oxygens (including phenoxy) is 1. The number of benzene rings is 2. The largest absolute Gasteiger partial charge is 0.491 e. The lowest BCUT2D eigenvalue weighted by Crippen LogP contribution is -2.32. The van der Waals surface area contributed by atoms with E-state index in [-0.39, 0.29) is 17.8 Å². The van der Waals surface area contributed by atoms with Crippen LogP contribution in [0.4, 0.5) is 50.9 Å². The molecule has 1 aliphatic carbocycles. The number of hydrogen-bond acceptors (Lipinski definition) is 5. The summed E-state index contributed by atoms with van der Waals surface area (Å²) in [6.07, 6.45) is -8.22. The maximum absolute atomic E-state index is 15.6. The standard InChI is InChI=1S/C25H22F9NO5S/c1-22(28,29)7-6-13-10-35(15-4-2-14(26)3-5-15)17-8-16(25(32,33)34)18(9-19(17)41(38,39)20(13)27)40-12-23(21(36)37)11-24(23,30)31/h2-5,8-9,13,20H,6-7,10-12H2,1H3,(H,36,37)/t13-,20+,23+/m1/s1. The summed E-state index contributed by atoms with van der Waals surface area (Å²) in [4.78, 5) is 11.2. The smallest absolute Gasteiger partial charge is 0.420 e. The number of sulfone groups is 1. The van der Waals surface area contributed by atoms with Gasteiger partial charge in [0.15, 0.2) is 5.41 Å². The summed E-state index contributed by atoms with van der Waals surface area (Å²) < 4.78 is 158. The van der Waals surface area contributed by atoms with Gasteiger partial charge in [-0.1, -0.05) is 0 Å². The third kappa shape index (κ3) is 5.79. The molecule has 0 unspecified atom stereocenters. The lowest BCUT2D eigenvalue weighted by Gasteiger charge is -2.29. The Bertz CT molecular complexity index is 1440. The Kier molecular flexibility index (Phi) is 7.49. The Hall–Kier alpha value is -3.17. The molecule has 2 aromatic rings. The third-order valence-electron chi connectivity index (χ3n) is 7.12. The minimum absolute atomic E-state index is 0.102. The van der Waals surface area contributed by atoms with Gasteiger partial charge < -0.3 is 14.7 Å². The maximum atomic E-state index is 15.6. The number of nitrogens with zero attached hydrogens (tertiary/aromatic N) is 1. The summed E-state index contributed by atoms with van der Waals surface area (Å²) in [7, 11) is -5.22. The van der Waals surface area contributed by atoms with Gasteiger partial charge in [-0.2, -0.15) is 13.2 Å². The Morgan fingerprint density at radius 2 is 1.71 bits per heavy atom. The van der Waals surface area contributed by atoms with Gasteiger partial charge in [0.2, 0.25) is 21.3 Å². The number of anilines is 2. The molecule has 6 nitrogen and oxygen atoms in total. The molecule has 2 aliphatic rings. The molecule has 1 aliphatic heterocycles. The van der Waals surface area contributed by atoms with Crippen LogP contribution >= 0.6 is 0 Å². The average Bonchev–Trinajstić information content (AvgIpc) is 3.45. The zero-order valence-corrected chi connectivity index (χ0v) is 21.8. The van der Waals surface area contributed by atoms with Crippen molar-refractivity contribution in [3.05, 3.63) is 47.8 Å². The molecule has 16 heteroatoms. The highest BCUT2D eigenvalue weighted by atomic mass is 32.2. The number of carboxylic acid groups (broad SMARTS) is 1. The van der Waals surface area contributed by atoms with Gasteiger partial charge in [-0.3, -0.25) is 4.79 Å². The van der Waals surface area contributed by atoms with Crippen molar-refractivity contribution in [3.8, 4) is 5.75 Å². The molecule has 3 atom stereocenters. The molecule has 0 radical (unpaired) electrons. The first-order valence-electron chi connectivity index (χ1n) is 12.0. The molecule has 0 bridgehead atoms. The van der Waals surface area contributed by atoms with Crippen molar-refractivity contribution in [2.75, 3.05) is 18.1 Å². The van der Waals surface area contributed by atoms with Gasteiger partial charge in [-0.25, -0.2) is 34.8 Å². The van der Waals surface area contributed by atoms with E-state index in [1.807, 2.05) is 0 Å². The van der Waals surface area contributed by atoms with Gasteiger partial charge >= 0.3 is 12.1 Å². The van der Waals surface area contributed by atoms with Crippen LogP contribution in [0.5, 0.6) is 5.75 Å². The number of fused-ring (bicyclic) bond motifs is 1. The first kappa shape index (κ1) is 30.8. The fourth-order valence-electron chi connectivity index (χ4n) is 4.63. The summed E-state index contributed by atoms with van der Waals surface area (Å²) in [5, 5.41) is 9.20. The number of halogens is 9. The first-order chi connectivity index (χ1) is 18.7. The van der Waals surface area contributed by atoms with Gasteiger partial charge in [0, 0.05) is 37.1 Å². The lowest BCUT2D eigenvalue weighted by molar-refractivity contribution is -0.149. The normalized spacial score (nSPS) is 25.3. The van der Waals surface area contributed by atoms with Crippen LogP contribution in [0, 0.1) is 17.2 Å². The topological polar surface area (TPSA) is 83.9 Å². The highest BCUT2D eigenvalue weighted by molar-refractivity contribution is 7.92. The van der Waals surface area contributed by atoms with Crippen molar-refractivity contribution in [1.82, 2.24) is 0 Å². The second kappa shape index (κ2) is 9.98. The average molecular weight is 620 g/mol. The van der Waals surface area contributed by atoms with E-state index in [0.29, 0.717) is 6.92 Å². The van der Waals surface area contributed by atoms with Crippen molar-refractivity contribution in [1.29, 1.82) is 0 Å². The Labute approximate surface area is 227 Å². The first-order valence-corrected chi connectivity index (χ1v) is 13.5. The van der Waals surface area contributed by atoms with E-state index in [4.69, 9.17) is 4.74 Å². The molecule has 0 amide bonds. The fraction of sp³-hybridized carbons (Fsp3) is 0.480. The van der Waals surface area contributed by atoms with E-state index >= 15 is 4.39 Å². The molecule has 1 heterocycles. The molecular weight excluding hydrogens is 597 g/mol. The van der Waals surface area contributed by atoms with Crippen molar-refractivity contribution in [2.24, 2.45) is 11.3 Å². The fourth-order valence-corrected chi connectivity index (χ4v) is 6.34. The number of carboxylic acids is 1. The molecule has 4 rings (SSSR count). The third-order valence-corrected chi connectivity index (χ3v) is 9.04. The molecular formula is C25H22F9NO5S. The monoisotopic (exact) mass is 619 g/mol. The second-order valence-electron chi connectivity index (χ2n) is 10.2. The molecule has 1 N–H and O–H groups in total. The molecule has 0 saturated heterocycles. The molecule has 1 fully saturated rings. The Morgan fingerprint density at radius 1 is 1.12 bits per heavy atom. The van der Waals surface area contributed by atoms with Gasteiger partial charge in [0.1, 0.15) is 18.2 Å². The van der Waals surface area contributed by atoms with Crippen LogP contribution in [-0.2, 0) is 20.8 Å². The zero-order valence-electron chi connectivity index (χ0n) is 21.0. The SMILES string of the molecule is CC(F)(F)CC[C@@H]1CN(c2ccc(F)cc2)c2cc(C(F)(F)F)c(OC[C@]3(C(=O)O)CC3(F)F)cc2S(=O)(=O)[C@@H]1F. The van der Waals surface area contributed by atoms with E-state index in [1.165, 1.54) is 0 Å². The van der Waals surface area contributed by atoms with Crippen molar-refractivity contribution < 1.29 is 62.6 Å². The summed E-state index contributed by atoms with van der Waals surface area (Å²) in [6.45, 7) is -1.66. The predicted molar refractivity (Wildman–Crippen MR) is 125 cm³/mol. The van der Waals surface area contributed by atoms with E-state index < -0.39 is 111 Å². The van der Waals surface area contributed by atoms with Crippen molar-refractivity contribution in [3.63, 3.8) is 0 Å². The van der Waals surface area contributed by atoms with Crippen molar-refractivity contribution >= 4 is 27.2 Å². The van der Waals surface area contributed by atoms with E-state index in [9.17, 15) is 53.4 Å². The summed E-state index contributed by atoms with van der Waals surface area (Å²) in [5.74, 6) is -13.0. The molecule has 1 saturated carbocycles. The number of hydrogen-bond donors (Lipinski definition) is 1. The molecule has 0 spiro atoms. The van der Waals surface area contributed by atoms with E-state index in [2.05, 4.69) is 0 Å². The minimum atomic E-state index is -5.31. The van der Waals surface area contributed by atoms with Gasteiger partial charge in [0.25, 0.3) is 5.92 Å². The van der Waals surface area contributed by atoms with Crippen LogP contribution in [0.1, 0.15) is 31.7 Å². The summed E-state index contributed by atoms with van der Waals surface area (Å²) in [5.41, 5.74) is -8.31. The minimum Gasteiger partial charge on any atom is -0.491 e. The molecule has 226 valence electrons. The summed E-state index contributed by atoms with van der Waals surface area (Å²) >= 11 is 0. The van der Waals surface area contributed by atoms with Crippen LogP contribution in [0.15, 0.2) is 41.3 Å². The van der Waals surface area contributed by atoms with Crippen molar-refractivity contribution in [2.45, 2.75) is 54.6 Å². The number of carbonyl (C=O) groups is 1. The highest BCUT2D eigenvalue weighted by Crippen LogP contribution is 2.61.